The van der Waals surface area contributed by atoms with Gasteiger partial charge in [0.2, 0.25) is 0 Å². The number of ether oxygens (including phenoxy) is 2. The molecular formula is C18H18MgO2. The minimum atomic E-state index is 0. The van der Waals surface area contributed by atoms with Crippen LogP contribution >= 0.6 is 0 Å². The van der Waals surface area contributed by atoms with E-state index in [2.05, 4.69) is 12.2 Å². The monoisotopic (exact) mass is 290 g/mol. The van der Waals surface area contributed by atoms with Crippen molar-refractivity contribution in [3.8, 4) is 11.5 Å². The summed E-state index contributed by atoms with van der Waals surface area (Å²) in [7, 11) is 0. The zero-order chi connectivity index (χ0) is 13.6. The van der Waals surface area contributed by atoms with Crippen LogP contribution in [-0.4, -0.2) is 36.3 Å². The van der Waals surface area contributed by atoms with E-state index in [-0.39, 0.29) is 25.9 Å². The number of benzene rings is 2. The molecule has 2 aromatic rings. The van der Waals surface area contributed by atoms with E-state index in [1.54, 1.807) is 0 Å². The van der Waals surface area contributed by atoms with Gasteiger partial charge in [0, 0.05) is 11.1 Å². The van der Waals surface area contributed by atoms with Crippen molar-refractivity contribution in [2.45, 2.75) is 0 Å². The van der Waals surface area contributed by atoms with Crippen molar-refractivity contribution in [2.75, 3.05) is 13.2 Å². The second-order valence-corrected chi connectivity index (χ2v) is 4.50. The minimum absolute atomic E-state index is 0. The molecule has 2 heterocycles. The first kappa shape index (κ1) is 15.7. The second-order valence-electron chi connectivity index (χ2n) is 4.50. The SMILES string of the molecule is C1=Cc2ccccc2OC1.C1=Cc2ccccc2OC1.[H-].[H-].[Mg+2]. The third-order valence-corrected chi connectivity index (χ3v) is 3.10. The summed E-state index contributed by atoms with van der Waals surface area (Å²) in [6.07, 6.45) is 8.20. The maximum absolute atomic E-state index is 5.34. The zero-order valence-electron chi connectivity index (χ0n) is 13.9. The average Bonchev–Trinajstić information content (AvgIpc) is 2.56. The molecule has 21 heavy (non-hydrogen) atoms. The molecule has 2 aliphatic rings. The molecule has 0 fully saturated rings. The molecular weight excluding hydrogens is 273 g/mol. The van der Waals surface area contributed by atoms with Crippen LogP contribution in [0.25, 0.3) is 12.2 Å². The first-order valence-corrected chi connectivity index (χ1v) is 6.70. The molecule has 0 N–H and O–H groups in total. The van der Waals surface area contributed by atoms with Crippen molar-refractivity contribution in [1.82, 2.24) is 0 Å². The number of fused-ring (bicyclic) bond motifs is 2. The predicted molar refractivity (Wildman–Crippen MR) is 89.9 cm³/mol. The van der Waals surface area contributed by atoms with Gasteiger partial charge in [-0.15, -0.1) is 0 Å². The molecule has 0 saturated heterocycles. The van der Waals surface area contributed by atoms with Crippen LogP contribution in [0.5, 0.6) is 11.5 Å². The van der Waals surface area contributed by atoms with Crippen LogP contribution in [0.1, 0.15) is 14.0 Å². The van der Waals surface area contributed by atoms with Crippen molar-refractivity contribution in [1.29, 1.82) is 0 Å². The Morgan fingerprint density at radius 3 is 1.52 bits per heavy atom. The normalized spacial score (nSPS) is 13.3. The van der Waals surface area contributed by atoms with E-state index in [4.69, 9.17) is 9.47 Å². The van der Waals surface area contributed by atoms with E-state index in [1.165, 1.54) is 11.1 Å². The summed E-state index contributed by atoms with van der Waals surface area (Å²) in [5.74, 6) is 1.98. The Labute approximate surface area is 144 Å². The Kier molecular flexibility index (Phi) is 5.90. The summed E-state index contributed by atoms with van der Waals surface area (Å²) in [5, 5.41) is 0. The van der Waals surface area contributed by atoms with Gasteiger partial charge in [0.25, 0.3) is 0 Å². The number of hydrogen-bond donors (Lipinski definition) is 0. The van der Waals surface area contributed by atoms with Gasteiger partial charge in [-0.2, -0.15) is 0 Å². The Balaban J connectivity index is 0.000000372. The largest absolute Gasteiger partial charge is 2.00 e. The van der Waals surface area contributed by atoms with Crippen molar-refractivity contribution < 1.29 is 12.3 Å². The Hall–Kier alpha value is -1.71. The summed E-state index contributed by atoms with van der Waals surface area (Å²) in [5.41, 5.74) is 2.35. The smallest absolute Gasteiger partial charge is 1.00 e. The van der Waals surface area contributed by atoms with Gasteiger partial charge in [-0.1, -0.05) is 48.6 Å². The van der Waals surface area contributed by atoms with Gasteiger partial charge in [0.1, 0.15) is 24.7 Å². The third-order valence-electron chi connectivity index (χ3n) is 3.10. The Morgan fingerprint density at radius 1 is 0.667 bits per heavy atom. The third kappa shape index (κ3) is 4.13. The van der Waals surface area contributed by atoms with Gasteiger partial charge in [-0.3, -0.25) is 0 Å². The summed E-state index contributed by atoms with van der Waals surface area (Å²) in [4.78, 5) is 0. The van der Waals surface area contributed by atoms with Gasteiger partial charge in [0.05, 0.1) is 0 Å². The number of rotatable bonds is 0. The van der Waals surface area contributed by atoms with Gasteiger partial charge >= 0.3 is 23.1 Å². The standard InChI is InChI=1S/2C9H8O.Mg.2H/c2*1-2-6-9-8(4-1)5-3-7-10-9;;;/h2*1-6H,7H2;;;/q;;+2;2*-1. The Morgan fingerprint density at radius 2 is 1.10 bits per heavy atom. The molecule has 4 rings (SSSR count). The van der Waals surface area contributed by atoms with Crippen LogP contribution in [0, 0.1) is 0 Å². The van der Waals surface area contributed by atoms with E-state index in [9.17, 15) is 0 Å². The van der Waals surface area contributed by atoms with Crippen LogP contribution < -0.4 is 9.47 Å². The fourth-order valence-electron chi connectivity index (χ4n) is 2.13. The average molecular weight is 291 g/mol. The Bertz CT molecular complexity index is 599. The summed E-state index contributed by atoms with van der Waals surface area (Å²) in [6, 6.07) is 16.1. The fourth-order valence-corrected chi connectivity index (χ4v) is 2.13. The summed E-state index contributed by atoms with van der Waals surface area (Å²) >= 11 is 0. The van der Waals surface area contributed by atoms with E-state index in [0.29, 0.717) is 13.2 Å². The molecule has 2 nitrogen and oxygen atoms in total. The second kappa shape index (κ2) is 7.91. The fraction of sp³-hybridized carbons (Fsp3) is 0.111. The maximum Gasteiger partial charge on any atom is 2.00 e. The van der Waals surface area contributed by atoms with Crippen molar-refractivity contribution in [3.05, 3.63) is 71.8 Å². The molecule has 0 aliphatic carbocycles. The van der Waals surface area contributed by atoms with Crippen LogP contribution in [0.4, 0.5) is 0 Å². The molecule has 0 bridgehead atoms. The van der Waals surface area contributed by atoms with Crippen LogP contribution in [-0.2, 0) is 0 Å². The molecule has 0 aromatic heterocycles. The molecule has 0 unspecified atom stereocenters. The minimum Gasteiger partial charge on any atom is -1.00 e. The molecule has 3 heteroatoms. The van der Waals surface area contributed by atoms with Gasteiger partial charge in [-0.05, 0) is 24.3 Å². The topological polar surface area (TPSA) is 18.5 Å². The van der Waals surface area contributed by atoms with Crippen molar-refractivity contribution in [3.63, 3.8) is 0 Å². The molecule has 104 valence electrons. The van der Waals surface area contributed by atoms with Gasteiger partial charge < -0.3 is 12.3 Å². The first-order chi connectivity index (χ1) is 9.93. The van der Waals surface area contributed by atoms with E-state index in [0.717, 1.165) is 11.5 Å². The molecule has 0 spiro atoms. The maximum atomic E-state index is 5.34. The van der Waals surface area contributed by atoms with Crippen LogP contribution in [0.15, 0.2) is 60.7 Å². The summed E-state index contributed by atoms with van der Waals surface area (Å²) in [6.45, 7) is 1.41. The molecule has 0 radical (unpaired) electrons. The van der Waals surface area contributed by atoms with Gasteiger partial charge in [0.15, 0.2) is 0 Å². The number of hydrogen-bond acceptors (Lipinski definition) is 2. The predicted octanol–water partition coefficient (Wildman–Crippen LogP) is 4.03. The molecule has 2 aromatic carbocycles. The van der Waals surface area contributed by atoms with Gasteiger partial charge in [-0.25, -0.2) is 0 Å². The quantitative estimate of drug-likeness (QED) is 0.682. The van der Waals surface area contributed by atoms with E-state index >= 15 is 0 Å². The molecule has 0 atom stereocenters. The molecule has 0 saturated carbocycles. The van der Waals surface area contributed by atoms with Crippen LogP contribution in [0.2, 0.25) is 0 Å². The summed E-state index contributed by atoms with van der Waals surface area (Å²) < 4.78 is 10.7. The van der Waals surface area contributed by atoms with Crippen LogP contribution in [0.3, 0.4) is 0 Å². The first-order valence-electron chi connectivity index (χ1n) is 6.70. The molecule has 2 aliphatic heterocycles. The van der Waals surface area contributed by atoms with Crippen molar-refractivity contribution in [2.24, 2.45) is 0 Å². The van der Waals surface area contributed by atoms with E-state index in [1.807, 2.05) is 60.7 Å². The molecule has 0 amide bonds. The van der Waals surface area contributed by atoms with Crippen molar-refractivity contribution >= 4 is 35.2 Å². The number of para-hydroxylation sites is 2. The van der Waals surface area contributed by atoms with E-state index < -0.39 is 0 Å². The zero-order valence-corrected chi connectivity index (χ0v) is 13.3.